The third-order valence-electron chi connectivity index (χ3n) is 5.44. The van der Waals surface area contributed by atoms with Crippen LogP contribution in [0.3, 0.4) is 0 Å². The van der Waals surface area contributed by atoms with Crippen molar-refractivity contribution in [2.24, 2.45) is 0 Å². The molecule has 0 saturated heterocycles. The summed E-state index contributed by atoms with van der Waals surface area (Å²) in [4.78, 5) is 40.3. The van der Waals surface area contributed by atoms with Crippen LogP contribution in [-0.2, 0) is 11.2 Å². The van der Waals surface area contributed by atoms with E-state index in [-0.39, 0.29) is 27.7 Å². The molecule has 4 aromatic rings. The highest BCUT2D eigenvalue weighted by molar-refractivity contribution is 7.15. The Hall–Kier alpha value is -3.56. The van der Waals surface area contributed by atoms with Gasteiger partial charge in [-0.05, 0) is 42.3 Å². The summed E-state index contributed by atoms with van der Waals surface area (Å²) >= 11 is 7.38. The molecular weight excluding hydrogens is 466 g/mol. The number of hydrogen-bond donors (Lipinski definition) is 0. The van der Waals surface area contributed by atoms with E-state index in [1.54, 1.807) is 36.4 Å². The second kappa shape index (κ2) is 8.09. The van der Waals surface area contributed by atoms with Crippen molar-refractivity contribution in [3.63, 3.8) is 0 Å². The summed E-state index contributed by atoms with van der Waals surface area (Å²) in [7, 11) is 1.30. The molecule has 1 atom stereocenters. The molecule has 1 aliphatic heterocycles. The summed E-state index contributed by atoms with van der Waals surface area (Å²) in [5.74, 6) is -1.02. The molecule has 0 N–H and O–H groups in total. The number of ether oxygens (including phenoxy) is 1. The molecule has 33 heavy (non-hydrogen) atoms. The van der Waals surface area contributed by atoms with Crippen LogP contribution < -0.4 is 10.3 Å². The van der Waals surface area contributed by atoms with Gasteiger partial charge in [-0.1, -0.05) is 42.0 Å². The summed E-state index contributed by atoms with van der Waals surface area (Å²) in [6.07, 6.45) is 0.657. The lowest BCUT2D eigenvalue weighted by Crippen LogP contribution is -2.29. The number of nitrogens with zero attached hydrogens (tertiary/aromatic N) is 3. The number of esters is 1. The molecule has 1 aliphatic rings. The average Bonchev–Trinajstić information content (AvgIpc) is 3.42. The smallest absolute Gasteiger partial charge is 0.337 e. The van der Waals surface area contributed by atoms with E-state index in [4.69, 9.17) is 20.8 Å². The number of benzene rings is 2. The summed E-state index contributed by atoms with van der Waals surface area (Å²) in [5, 5.41) is 10.1. The molecule has 0 unspecified atom stereocenters. The molecule has 3 heterocycles. The number of amides is 1. The molecule has 2 aromatic heterocycles. The lowest BCUT2D eigenvalue weighted by molar-refractivity contribution is 0.0600. The molecule has 1 amide bonds. The maximum atomic E-state index is 13.6. The van der Waals surface area contributed by atoms with Crippen LogP contribution in [0.25, 0.3) is 11.0 Å². The molecule has 10 heteroatoms. The predicted molar refractivity (Wildman–Crippen MR) is 123 cm³/mol. The Morgan fingerprint density at radius 2 is 1.94 bits per heavy atom. The van der Waals surface area contributed by atoms with Crippen molar-refractivity contribution >= 4 is 50.9 Å². The Labute approximate surface area is 196 Å². The molecule has 5 rings (SSSR count). The van der Waals surface area contributed by atoms with Gasteiger partial charge >= 0.3 is 5.97 Å². The van der Waals surface area contributed by atoms with Gasteiger partial charge in [0.05, 0.1) is 29.7 Å². The molecule has 0 radical (unpaired) electrons. The Morgan fingerprint density at radius 1 is 1.18 bits per heavy atom. The maximum absolute atomic E-state index is 13.6. The van der Waals surface area contributed by atoms with Gasteiger partial charge in [0.1, 0.15) is 10.6 Å². The number of aromatic nitrogens is 2. The summed E-state index contributed by atoms with van der Waals surface area (Å²) in [6.45, 7) is 1.94. The summed E-state index contributed by atoms with van der Waals surface area (Å²) in [5.41, 5.74) is 1.06. The first-order chi connectivity index (χ1) is 15.9. The van der Waals surface area contributed by atoms with Gasteiger partial charge in [0, 0.05) is 5.02 Å². The number of hydrogen-bond acceptors (Lipinski definition) is 8. The fraction of sp³-hybridized carbons (Fsp3) is 0.174. The second-order valence-corrected chi connectivity index (χ2v) is 8.81. The Morgan fingerprint density at radius 3 is 2.61 bits per heavy atom. The van der Waals surface area contributed by atoms with E-state index in [9.17, 15) is 14.4 Å². The zero-order valence-corrected chi connectivity index (χ0v) is 19.1. The Balaban J connectivity index is 1.75. The van der Waals surface area contributed by atoms with Gasteiger partial charge in [0.25, 0.3) is 5.91 Å². The first kappa shape index (κ1) is 21.3. The van der Waals surface area contributed by atoms with E-state index in [1.165, 1.54) is 29.4 Å². The molecule has 0 aliphatic carbocycles. The first-order valence-electron chi connectivity index (χ1n) is 10.0. The molecule has 2 aromatic carbocycles. The van der Waals surface area contributed by atoms with Crippen molar-refractivity contribution in [2.45, 2.75) is 19.4 Å². The molecule has 0 saturated carbocycles. The number of anilines is 1. The topological polar surface area (TPSA) is 103 Å². The molecule has 0 bridgehead atoms. The van der Waals surface area contributed by atoms with Crippen LogP contribution in [-0.4, -0.2) is 29.2 Å². The van der Waals surface area contributed by atoms with Gasteiger partial charge in [-0.15, -0.1) is 10.2 Å². The highest BCUT2D eigenvalue weighted by Gasteiger charge is 2.45. The summed E-state index contributed by atoms with van der Waals surface area (Å²) in [6, 6.07) is 10.4. The minimum Gasteiger partial charge on any atom is -0.465 e. The number of aryl methyl sites for hydroxylation is 1. The van der Waals surface area contributed by atoms with Gasteiger partial charge in [0.15, 0.2) is 5.43 Å². The average molecular weight is 482 g/mol. The van der Waals surface area contributed by atoms with Crippen molar-refractivity contribution in [2.75, 3.05) is 12.0 Å². The molecular formula is C23H16ClN3O5S. The minimum atomic E-state index is -0.809. The van der Waals surface area contributed by atoms with Crippen molar-refractivity contribution in [3.05, 3.63) is 85.2 Å². The van der Waals surface area contributed by atoms with E-state index >= 15 is 0 Å². The highest BCUT2D eigenvalue weighted by Crippen LogP contribution is 2.42. The fourth-order valence-electron chi connectivity index (χ4n) is 3.86. The molecule has 0 fully saturated rings. The molecule has 166 valence electrons. The number of carbonyl (C=O) groups is 2. The molecule has 8 nitrogen and oxygen atoms in total. The van der Waals surface area contributed by atoms with Crippen LogP contribution in [0.4, 0.5) is 5.13 Å². The van der Waals surface area contributed by atoms with Crippen molar-refractivity contribution < 1.29 is 18.7 Å². The number of methoxy groups -OCH3 is 1. The van der Waals surface area contributed by atoms with Gasteiger partial charge in [0.2, 0.25) is 10.9 Å². The van der Waals surface area contributed by atoms with Crippen LogP contribution in [0.1, 0.15) is 50.0 Å². The van der Waals surface area contributed by atoms with Crippen LogP contribution in [0.2, 0.25) is 5.02 Å². The predicted octanol–water partition coefficient (Wildman–Crippen LogP) is 4.40. The van der Waals surface area contributed by atoms with Crippen LogP contribution in [0, 0.1) is 0 Å². The highest BCUT2D eigenvalue weighted by atomic mass is 35.5. The van der Waals surface area contributed by atoms with Crippen molar-refractivity contribution in [1.29, 1.82) is 0 Å². The number of carbonyl (C=O) groups excluding carboxylic acids is 2. The van der Waals surface area contributed by atoms with Gasteiger partial charge < -0.3 is 9.15 Å². The van der Waals surface area contributed by atoms with E-state index < -0.39 is 17.9 Å². The van der Waals surface area contributed by atoms with Gasteiger partial charge in [-0.3, -0.25) is 14.5 Å². The number of fused-ring (bicyclic) bond motifs is 2. The monoisotopic (exact) mass is 481 g/mol. The summed E-state index contributed by atoms with van der Waals surface area (Å²) < 4.78 is 10.7. The zero-order valence-electron chi connectivity index (χ0n) is 17.5. The minimum absolute atomic E-state index is 0.0508. The lowest BCUT2D eigenvalue weighted by Gasteiger charge is -2.22. The van der Waals surface area contributed by atoms with E-state index in [0.29, 0.717) is 27.7 Å². The second-order valence-electron chi connectivity index (χ2n) is 7.34. The van der Waals surface area contributed by atoms with E-state index in [1.807, 2.05) is 6.92 Å². The van der Waals surface area contributed by atoms with Crippen LogP contribution >= 0.6 is 22.9 Å². The SMILES string of the molecule is CCc1nnc(N2C(=O)c3oc4ccc(Cl)cc4c(=O)c3[C@H]2c2ccc(C(=O)OC)cc2)s1. The number of halogens is 1. The Kier molecular flexibility index (Phi) is 5.22. The van der Waals surface area contributed by atoms with E-state index in [2.05, 4.69) is 10.2 Å². The first-order valence-corrected chi connectivity index (χ1v) is 11.2. The standard InChI is InChI=1S/C23H16ClN3O5S/c1-3-16-25-26-23(33-16)27-18(11-4-6-12(7-5-11)22(30)31-2)17-19(28)14-10-13(24)8-9-15(14)32-20(17)21(27)29/h4-10,18H,3H2,1-2H3/t18-/m1/s1. The third-order valence-corrected chi connectivity index (χ3v) is 6.75. The Bertz CT molecular complexity index is 1480. The normalized spacial score (nSPS) is 15.2. The number of rotatable bonds is 4. The van der Waals surface area contributed by atoms with Crippen molar-refractivity contribution in [1.82, 2.24) is 10.2 Å². The van der Waals surface area contributed by atoms with E-state index in [0.717, 1.165) is 5.01 Å². The van der Waals surface area contributed by atoms with Gasteiger partial charge in [-0.25, -0.2) is 4.79 Å². The lowest BCUT2D eigenvalue weighted by atomic mass is 9.98. The van der Waals surface area contributed by atoms with Crippen LogP contribution in [0.5, 0.6) is 0 Å². The van der Waals surface area contributed by atoms with Gasteiger partial charge in [-0.2, -0.15) is 0 Å². The molecule has 0 spiro atoms. The quantitative estimate of drug-likeness (QED) is 0.398. The largest absolute Gasteiger partial charge is 0.465 e. The third kappa shape index (κ3) is 3.40. The zero-order chi connectivity index (χ0) is 23.3. The fourth-order valence-corrected chi connectivity index (χ4v) is 4.84. The maximum Gasteiger partial charge on any atom is 0.337 e. The van der Waals surface area contributed by atoms with Crippen LogP contribution in [0.15, 0.2) is 51.7 Å². The van der Waals surface area contributed by atoms with Crippen molar-refractivity contribution in [3.8, 4) is 0 Å².